The van der Waals surface area contributed by atoms with E-state index < -0.39 is 0 Å². The quantitative estimate of drug-likeness (QED) is 0.291. The van der Waals surface area contributed by atoms with Crippen molar-refractivity contribution in [2.45, 2.75) is 19.8 Å². The van der Waals surface area contributed by atoms with E-state index in [1.165, 1.54) is 5.56 Å². The van der Waals surface area contributed by atoms with Crippen LogP contribution in [0, 0.1) is 0 Å². The number of aliphatic imine (C=N–C) groups is 1. The van der Waals surface area contributed by atoms with Crippen LogP contribution >= 0.6 is 35.6 Å². The first-order chi connectivity index (χ1) is 9.76. The number of nitrogens with one attached hydrogen (secondary N) is 2. The number of rotatable bonds is 8. The normalized spacial score (nSPS) is 10.9. The molecule has 0 aliphatic rings. The van der Waals surface area contributed by atoms with Gasteiger partial charge in [0.1, 0.15) is 0 Å². The Bertz CT molecular complexity index is 416. The molecule has 6 heteroatoms. The van der Waals surface area contributed by atoms with Crippen LogP contribution in [0.2, 0.25) is 5.02 Å². The molecule has 1 aromatic carbocycles. The van der Waals surface area contributed by atoms with Crippen molar-refractivity contribution in [3.63, 3.8) is 0 Å². The molecule has 0 unspecified atom stereocenters. The van der Waals surface area contributed by atoms with E-state index in [4.69, 9.17) is 16.3 Å². The molecular weight excluding hydrogens is 401 g/mol. The zero-order valence-electron chi connectivity index (χ0n) is 12.7. The Morgan fingerprint density at radius 3 is 2.71 bits per heavy atom. The number of guanidine groups is 1. The van der Waals surface area contributed by atoms with E-state index in [1.54, 1.807) is 7.05 Å². The van der Waals surface area contributed by atoms with Crippen molar-refractivity contribution in [1.29, 1.82) is 0 Å². The molecule has 21 heavy (non-hydrogen) atoms. The van der Waals surface area contributed by atoms with Crippen molar-refractivity contribution in [3.05, 3.63) is 34.9 Å². The molecule has 1 rings (SSSR count). The molecule has 0 bridgehead atoms. The van der Waals surface area contributed by atoms with Gasteiger partial charge in [-0.25, -0.2) is 0 Å². The summed E-state index contributed by atoms with van der Waals surface area (Å²) < 4.78 is 5.29. The number of halogens is 2. The van der Waals surface area contributed by atoms with Gasteiger partial charge in [0.25, 0.3) is 0 Å². The summed E-state index contributed by atoms with van der Waals surface area (Å²) in [5.41, 5.74) is 1.22. The monoisotopic (exact) mass is 425 g/mol. The molecule has 1 aromatic rings. The van der Waals surface area contributed by atoms with E-state index in [0.29, 0.717) is 0 Å². The molecule has 0 aliphatic carbocycles. The molecule has 120 valence electrons. The summed E-state index contributed by atoms with van der Waals surface area (Å²) in [5.74, 6) is 0.823. The lowest BCUT2D eigenvalue weighted by Gasteiger charge is -2.12. The highest BCUT2D eigenvalue weighted by atomic mass is 127. The largest absolute Gasteiger partial charge is 0.382 e. The van der Waals surface area contributed by atoms with Crippen LogP contribution in [0.4, 0.5) is 0 Å². The maximum absolute atomic E-state index is 5.96. The van der Waals surface area contributed by atoms with E-state index in [9.17, 15) is 0 Å². The minimum Gasteiger partial charge on any atom is -0.382 e. The van der Waals surface area contributed by atoms with Gasteiger partial charge in [0.15, 0.2) is 5.96 Å². The van der Waals surface area contributed by atoms with Crippen LogP contribution < -0.4 is 10.6 Å². The molecule has 0 aliphatic heterocycles. The number of hydrogen-bond donors (Lipinski definition) is 2. The van der Waals surface area contributed by atoms with E-state index in [1.807, 2.05) is 25.1 Å². The van der Waals surface area contributed by atoms with Crippen LogP contribution in [0.3, 0.4) is 0 Å². The van der Waals surface area contributed by atoms with Gasteiger partial charge in [-0.1, -0.05) is 23.7 Å². The Hall–Kier alpha value is -0.530. The Kier molecular flexibility index (Phi) is 12.8. The van der Waals surface area contributed by atoms with Gasteiger partial charge in [0.2, 0.25) is 0 Å². The molecule has 0 fully saturated rings. The summed E-state index contributed by atoms with van der Waals surface area (Å²) in [7, 11) is 1.78. The average molecular weight is 426 g/mol. The predicted octanol–water partition coefficient (Wildman–Crippen LogP) is 3.09. The molecule has 0 radical (unpaired) electrons. The van der Waals surface area contributed by atoms with Crippen LogP contribution in [0.15, 0.2) is 29.3 Å². The molecule has 2 N–H and O–H groups in total. The lowest BCUT2D eigenvalue weighted by atomic mass is 10.1. The fraction of sp³-hybridized carbons (Fsp3) is 0.533. The Morgan fingerprint density at radius 1 is 1.29 bits per heavy atom. The highest BCUT2D eigenvalue weighted by molar-refractivity contribution is 14.0. The van der Waals surface area contributed by atoms with E-state index in [-0.39, 0.29) is 24.0 Å². The van der Waals surface area contributed by atoms with E-state index in [0.717, 1.165) is 50.1 Å². The molecule has 0 amide bonds. The second kappa shape index (κ2) is 13.2. The Balaban J connectivity index is 0.00000400. The molecule has 0 saturated heterocycles. The number of ether oxygens (including phenoxy) is 1. The SMILES string of the molecule is CCOCCCNC(=NC)NCCc1cccc(Cl)c1.I. The average Bonchev–Trinajstić information content (AvgIpc) is 2.45. The molecule has 0 aromatic heterocycles. The maximum Gasteiger partial charge on any atom is 0.190 e. The lowest BCUT2D eigenvalue weighted by molar-refractivity contribution is 0.145. The van der Waals surface area contributed by atoms with Crippen LogP contribution in [0.5, 0.6) is 0 Å². The fourth-order valence-corrected chi connectivity index (χ4v) is 1.98. The molecule has 0 heterocycles. The zero-order chi connectivity index (χ0) is 14.6. The summed E-state index contributed by atoms with van der Waals surface area (Å²) in [6.45, 7) is 5.24. The van der Waals surface area contributed by atoms with Gasteiger partial charge in [-0.3, -0.25) is 4.99 Å². The first kappa shape index (κ1) is 20.5. The number of benzene rings is 1. The summed E-state index contributed by atoms with van der Waals surface area (Å²) >= 11 is 5.96. The third-order valence-electron chi connectivity index (χ3n) is 2.78. The summed E-state index contributed by atoms with van der Waals surface area (Å²) in [5, 5.41) is 7.32. The smallest absolute Gasteiger partial charge is 0.190 e. The van der Waals surface area contributed by atoms with Crippen molar-refractivity contribution in [1.82, 2.24) is 10.6 Å². The summed E-state index contributed by atoms with van der Waals surface area (Å²) in [4.78, 5) is 4.18. The van der Waals surface area contributed by atoms with Gasteiger partial charge < -0.3 is 15.4 Å². The highest BCUT2D eigenvalue weighted by Gasteiger charge is 1.98. The number of hydrogen-bond acceptors (Lipinski definition) is 2. The van der Waals surface area contributed by atoms with E-state index >= 15 is 0 Å². The van der Waals surface area contributed by atoms with Gasteiger partial charge in [-0.15, -0.1) is 24.0 Å². The topological polar surface area (TPSA) is 45.6 Å². The first-order valence-corrected chi connectivity index (χ1v) is 7.40. The summed E-state index contributed by atoms with van der Waals surface area (Å²) in [6, 6.07) is 7.92. The minimum atomic E-state index is 0. The third kappa shape index (κ3) is 9.92. The lowest BCUT2D eigenvalue weighted by Crippen LogP contribution is -2.39. The molecular formula is C15H25ClIN3O. The standard InChI is InChI=1S/C15H24ClN3O.HI/c1-3-20-11-5-9-18-15(17-2)19-10-8-13-6-4-7-14(16)12-13;/h4,6-7,12H,3,5,8-11H2,1-2H3,(H2,17,18,19);1H. The van der Waals surface area contributed by atoms with Crippen LogP contribution in [0.1, 0.15) is 18.9 Å². The van der Waals surface area contributed by atoms with Gasteiger partial charge in [0, 0.05) is 38.4 Å². The van der Waals surface area contributed by atoms with Crippen molar-refractivity contribution >= 4 is 41.5 Å². The predicted molar refractivity (Wildman–Crippen MR) is 101 cm³/mol. The highest BCUT2D eigenvalue weighted by Crippen LogP contribution is 2.10. The van der Waals surface area contributed by atoms with Gasteiger partial charge in [-0.2, -0.15) is 0 Å². The zero-order valence-corrected chi connectivity index (χ0v) is 15.8. The molecule has 0 spiro atoms. The maximum atomic E-state index is 5.96. The minimum absolute atomic E-state index is 0. The van der Waals surface area contributed by atoms with Gasteiger partial charge in [-0.05, 0) is 37.5 Å². The molecule has 0 atom stereocenters. The molecule has 0 saturated carbocycles. The first-order valence-electron chi connectivity index (χ1n) is 7.03. The van der Waals surface area contributed by atoms with Crippen molar-refractivity contribution < 1.29 is 4.74 Å². The second-order valence-corrected chi connectivity index (χ2v) is 4.79. The Morgan fingerprint density at radius 2 is 2.05 bits per heavy atom. The number of nitrogens with zero attached hydrogens (tertiary/aromatic N) is 1. The van der Waals surface area contributed by atoms with Crippen LogP contribution in [-0.4, -0.2) is 39.3 Å². The third-order valence-corrected chi connectivity index (χ3v) is 3.02. The Labute approximate surface area is 149 Å². The van der Waals surface area contributed by atoms with Crippen molar-refractivity contribution in [3.8, 4) is 0 Å². The van der Waals surface area contributed by atoms with E-state index in [2.05, 4.69) is 21.7 Å². The fourth-order valence-electron chi connectivity index (χ4n) is 1.76. The summed E-state index contributed by atoms with van der Waals surface area (Å²) in [6.07, 6.45) is 1.89. The van der Waals surface area contributed by atoms with Crippen LogP contribution in [0.25, 0.3) is 0 Å². The van der Waals surface area contributed by atoms with Gasteiger partial charge >= 0.3 is 0 Å². The van der Waals surface area contributed by atoms with Crippen LogP contribution in [-0.2, 0) is 11.2 Å². The molecule has 4 nitrogen and oxygen atoms in total. The second-order valence-electron chi connectivity index (χ2n) is 4.36. The van der Waals surface area contributed by atoms with Gasteiger partial charge in [0.05, 0.1) is 0 Å². The van der Waals surface area contributed by atoms with Crippen molar-refractivity contribution in [2.24, 2.45) is 4.99 Å². The van der Waals surface area contributed by atoms with Crippen molar-refractivity contribution in [2.75, 3.05) is 33.4 Å².